The lowest BCUT2D eigenvalue weighted by atomic mass is 9.96. The molecule has 1 aromatic carbocycles. The number of nitriles is 1. The fourth-order valence-electron chi connectivity index (χ4n) is 3.13. The molecule has 2 rings (SSSR count). The van der Waals surface area contributed by atoms with Crippen molar-refractivity contribution in [2.45, 2.75) is 51.9 Å². The molecule has 0 aliphatic heterocycles. The summed E-state index contributed by atoms with van der Waals surface area (Å²) in [5.41, 5.74) is 4.56. The van der Waals surface area contributed by atoms with Gasteiger partial charge in [0.2, 0.25) is 5.91 Å². The predicted molar refractivity (Wildman–Crippen MR) is 107 cm³/mol. The number of amides is 2. The van der Waals surface area contributed by atoms with Gasteiger partial charge < -0.3 is 5.32 Å². The zero-order valence-electron chi connectivity index (χ0n) is 15.8. The van der Waals surface area contributed by atoms with Crippen molar-refractivity contribution in [3.05, 3.63) is 28.8 Å². The standard InChI is InChI=1S/C20H23ClN4O3/c1-13-12-14(21)8-9-16(13)23-19(27)7-3-6-18(26)15-4-2-5-17(15)24-25-20(28)10-11-22/h8-9,12,15H,2-7,10H2,1H3,(H,23,27)(H,25,28). The molecule has 7 nitrogen and oxygen atoms in total. The van der Waals surface area contributed by atoms with Gasteiger partial charge in [-0.2, -0.15) is 10.4 Å². The molecule has 1 fully saturated rings. The van der Waals surface area contributed by atoms with Gasteiger partial charge in [0, 0.05) is 29.3 Å². The van der Waals surface area contributed by atoms with Gasteiger partial charge in [0.15, 0.2) is 0 Å². The number of nitrogens with zero attached hydrogens (tertiary/aromatic N) is 2. The zero-order valence-corrected chi connectivity index (χ0v) is 16.5. The highest BCUT2D eigenvalue weighted by Gasteiger charge is 2.29. The summed E-state index contributed by atoms with van der Waals surface area (Å²) in [7, 11) is 0. The van der Waals surface area contributed by atoms with Crippen LogP contribution < -0.4 is 10.7 Å². The second-order valence-corrected chi connectivity index (χ2v) is 7.18. The number of carbonyl (C=O) groups excluding carboxylic acids is 3. The van der Waals surface area contributed by atoms with E-state index < -0.39 is 5.91 Å². The van der Waals surface area contributed by atoms with Crippen LogP contribution in [0.5, 0.6) is 0 Å². The molecule has 0 spiro atoms. The smallest absolute Gasteiger partial charge is 0.254 e. The molecule has 1 unspecified atom stereocenters. The number of Topliss-reactive ketones (excluding diaryl/α,β-unsaturated/α-hetero) is 1. The van der Waals surface area contributed by atoms with E-state index in [1.165, 1.54) is 0 Å². The highest BCUT2D eigenvalue weighted by Crippen LogP contribution is 2.25. The summed E-state index contributed by atoms with van der Waals surface area (Å²) in [5.74, 6) is -0.922. The van der Waals surface area contributed by atoms with E-state index in [1.54, 1.807) is 24.3 Å². The Balaban J connectivity index is 1.79. The molecule has 0 aromatic heterocycles. The minimum Gasteiger partial charge on any atom is -0.326 e. The van der Waals surface area contributed by atoms with E-state index in [-0.39, 0.29) is 36.9 Å². The first-order valence-electron chi connectivity index (χ1n) is 9.21. The van der Waals surface area contributed by atoms with Crippen LogP contribution in [-0.4, -0.2) is 23.3 Å². The molecule has 1 aliphatic carbocycles. The molecule has 0 bridgehead atoms. The average Bonchev–Trinajstić information content (AvgIpc) is 3.11. The van der Waals surface area contributed by atoms with E-state index in [9.17, 15) is 14.4 Å². The fourth-order valence-corrected chi connectivity index (χ4v) is 3.36. The van der Waals surface area contributed by atoms with Crippen LogP contribution in [-0.2, 0) is 14.4 Å². The quantitative estimate of drug-likeness (QED) is 0.648. The van der Waals surface area contributed by atoms with Crippen molar-refractivity contribution in [1.29, 1.82) is 5.26 Å². The number of nitrogens with one attached hydrogen (secondary N) is 2. The Morgan fingerprint density at radius 2 is 2.07 bits per heavy atom. The molecular formula is C20H23ClN4O3. The second-order valence-electron chi connectivity index (χ2n) is 6.75. The molecule has 0 saturated heterocycles. The molecule has 28 heavy (non-hydrogen) atoms. The summed E-state index contributed by atoms with van der Waals surface area (Å²) < 4.78 is 0. The van der Waals surface area contributed by atoms with Gasteiger partial charge >= 0.3 is 0 Å². The van der Waals surface area contributed by atoms with Crippen LogP contribution in [0.2, 0.25) is 5.02 Å². The number of ketones is 1. The highest BCUT2D eigenvalue weighted by molar-refractivity contribution is 6.30. The minimum atomic E-state index is -0.484. The molecule has 0 heterocycles. The van der Waals surface area contributed by atoms with E-state index in [2.05, 4.69) is 15.8 Å². The number of anilines is 1. The molecule has 8 heteroatoms. The molecule has 0 radical (unpaired) electrons. The number of halogens is 1. The van der Waals surface area contributed by atoms with Crippen LogP contribution in [0.4, 0.5) is 5.69 Å². The highest BCUT2D eigenvalue weighted by atomic mass is 35.5. The van der Waals surface area contributed by atoms with Crippen molar-refractivity contribution < 1.29 is 14.4 Å². The number of benzene rings is 1. The third-order valence-electron chi connectivity index (χ3n) is 4.57. The summed E-state index contributed by atoms with van der Waals surface area (Å²) in [6.07, 6.45) is 2.88. The zero-order chi connectivity index (χ0) is 20.5. The number of hydrazone groups is 1. The third-order valence-corrected chi connectivity index (χ3v) is 4.81. The Bertz CT molecular complexity index is 829. The van der Waals surface area contributed by atoms with Crippen molar-refractivity contribution in [2.24, 2.45) is 11.0 Å². The SMILES string of the molecule is Cc1cc(Cl)ccc1NC(=O)CCCC(=O)C1CCCC1=NNC(=O)CC#N. The van der Waals surface area contributed by atoms with Crippen molar-refractivity contribution in [3.8, 4) is 6.07 Å². The van der Waals surface area contributed by atoms with Crippen molar-refractivity contribution in [2.75, 3.05) is 5.32 Å². The van der Waals surface area contributed by atoms with Crippen LogP contribution in [0.25, 0.3) is 0 Å². The van der Waals surface area contributed by atoms with Gasteiger partial charge in [-0.1, -0.05) is 11.6 Å². The molecule has 1 aliphatic rings. The lowest BCUT2D eigenvalue weighted by Gasteiger charge is -2.11. The second kappa shape index (κ2) is 10.6. The molecule has 1 aromatic rings. The van der Waals surface area contributed by atoms with Crippen molar-refractivity contribution >= 4 is 40.6 Å². The molecule has 1 atom stereocenters. The van der Waals surface area contributed by atoms with E-state index in [0.717, 1.165) is 12.0 Å². The maximum atomic E-state index is 12.5. The minimum absolute atomic E-state index is 0.0289. The third kappa shape index (κ3) is 6.46. The molecule has 1 saturated carbocycles. The van der Waals surface area contributed by atoms with Crippen LogP contribution in [0.3, 0.4) is 0 Å². The van der Waals surface area contributed by atoms with Gasteiger partial charge in [-0.15, -0.1) is 0 Å². The summed E-state index contributed by atoms with van der Waals surface area (Å²) in [6.45, 7) is 1.86. The Labute approximate surface area is 169 Å². The van der Waals surface area contributed by atoms with E-state index in [4.69, 9.17) is 16.9 Å². The average molecular weight is 403 g/mol. The van der Waals surface area contributed by atoms with Crippen LogP contribution in [0.15, 0.2) is 23.3 Å². The lowest BCUT2D eigenvalue weighted by molar-refractivity contribution is -0.122. The molecule has 2 amide bonds. The van der Waals surface area contributed by atoms with Crippen LogP contribution in [0.1, 0.15) is 50.5 Å². The lowest BCUT2D eigenvalue weighted by Crippen LogP contribution is -2.24. The summed E-state index contributed by atoms with van der Waals surface area (Å²) in [5, 5.41) is 15.9. The molecular weight excluding hydrogens is 380 g/mol. The van der Waals surface area contributed by atoms with Gasteiger partial charge in [-0.25, -0.2) is 5.43 Å². The maximum Gasteiger partial charge on any atom is 0.254 e. The first kappa shape index (κ1) is 21.6. The number of aryl methyl sites for hydroxylation is 1. The monoisotopic (exact) mass is 402 g/mol. The van der Waals surface area contributed by atoms with Gasteiger partial charge in [0.1, 0.15) is 12.2 Å². The van der Waals surface area contributed by atoms with Crippen molar-refractivity contribution in [1.82, 2.24) is 5.43 Å². The van der Waals surface area contributed by atoms with E-state index in [1.807, 2.05) is 6.92 Å². The van der Waals surface area contributed by atoms with E-state index >= 15 is 0 Å². The first-order valence-corrected chi connectivity index (χ1v) is 9.59. The normalized spacial score (nSPS) is 17.2. The van der Waals surface area contributed by atoms with Crippen molar-refractivity contribution in [3.63, 3.8) is 0 Å². The largest absolute Gasteiger partial charge is 0.326 e. The summed E-state index contributed by atoms with van der Waals surface area (Å²) >= 11 is 5.90. The Kier molecular flexibility index (Phi) is 8.15. The van der Waals surface area contributed by atoms with Gasteiger partial charge in [-0.3, -0.25) is 14.4 Å². The fraction of sp³-hybridized carbons (Fsp3) is 0.450. The molecule has 148 valence electrons. The van der Waals surface area contributed by atoms with Gasteiger partial charge in [0.25, 0.3) is 5.91 Å². The molecule has 2 N–H and O–H groups in total. The maximum absolute atomic E-state index is 12.5. The first-order chi connectivity index (χ1) is 13.4. The van der Waals surface area contributed by atoms with Crippen LogP contribution >= 0.6 is 11.6 Å². The number of hydrogen-bond donors (Lipinski definition) is 2. The Morgan fingerprint density at radius 3 is 2.79 bits per heavy atom. The van der Waals surface area contributed by atoms with Gasteiger partial charge in [0.05, 0.1) is 12.0 Å². The van der Waals surface area contributed by atoms with E-state index in [0.29, 0.717) is 35.7 Å². The predicted octanol–water partition coefficient (Wildman–Crippen LogP) is 3.51. The summed E-state index contributed by atoms with van der Waals surface area (Å²) in [6, 6.07) is 6.99. The van der Waals surface area contributed by atoms with Crippen LogP contribution in [0, 0.1) is 24.2 Å². The number of rotatable bonds is 8. The number of carbonyl (C=O) groups is 3. The number of hydrogen-bond acceptors (Lipinski definition) is 5. The Morgan fingerprint density at radius 1 is 1.29 bits per heavy atom. The van der Waals surface area contributed by atoms with Gasteiger partial charge in [-0.05, 0) is 56.4 Å². The summed E-state index contributed by atoms with van der Waals surface area (Å²) in [4.78, 5) is 35.9. The topological polar surface area (TPSA) is 111 Å². The Hall–Kier alpha value is -2.72.